The maximum atomic E-state index is 5.21. The highest BCUT2D eigenvalue weighted by molar-refractivity contribution is 5.86. The number of nitrogens with zero attached hydrogens (tertiary/aromatic N) is 2. The van der Waals surface area contributed by atoms with Gasteiger partial charge < -0.3 is 9.64 Å². The highest BCUT2D eigenvalue weighted by atomic mass is 16.5. The van der Waals surface area contributed by atoms with E-state index in [2.05, 4.69) is 56.6 Å². The minimum absolute atomic E-state index is 0.201. The van der Waals surface area contributed by atoms with E-state index in [4.69, 9.17) is 4.74 Å². The molecular weight excluding hydrogens is 320 g/mol. The zero-order chi connectivity index (χ0) is 18.9. The highest BCUT2D eigenvalue weighted by Crippen LogP contribution is 2.44. The van der Waals surface area contributed by atoms with Gasteiger partial charge in [-0.25, -0.2) is 0 Å². The van der Waals surface area contributed by atoms with E-state index in [0.29, 0.717) is 5.92 Å². The Labute approximate surface area is 157 Å². The van der Waals surface area contributed by atoms with Crippen molar-refractivity contribution in [2.75, 3.05) is 18.6 Å². The molecule has 1 aliphatic heterocycles. The van der Waals surface area contributed by atoms with E-state index in [-0.39, 0.29) is 5.54 Å². The topological polar surface area (TPSA) is 24.8 Å². The molecule has 26 heavy (non-hydrogen) atoms. The van der Waals surface area contributed by atoms with Crippen LogP contribution in [0.4, 0.5) is 11.4 Å². The molecule has 0 spiro atoms. The molecule has 0 aromatic heterocycles. The number of aliphatic imine (C=N–C) groups is 1. The summed E-state index contributed by atoms with van der Waals surface area (Å²) in [6.45, 7) is 12.5. The fourth-order valence-corrected chi connectivity index (χ4v) is 4.20. The zero-order valence-electron chi connectivity index (χ0n) is 16.8. The Morgan fingerprint density at radius 3 is 2.54 bits per heavy atom. The van der Waals surface area contributed by atoms with E-state index in [9.17, 15) is 0 Å². The van der Waals surface area contributed by atoms with Crippen molar-refractivity contribution in [3.8, 4) is 5.75 Å². The van der Waals surface area contributed by atoms with Gasteiger partial charge in [0.05, 0.1) is 12.8 Å². The number of hydrogen-bond acceptors (Lipinski definition) is 3. The van der Waals surface area contributed by atoms with E-state index in [0.717, 1.165) is 18.0 Å². The third-order valence-electron chi connectivity index (χ3n) is 5.51. The second-order valence-corrected chi connectivity index (χ2v) is 7.89. The maximum absolute atomic E-state index is 5.21. The van der Waals surface area contributed by atoms with Gasteiger partial charge >= 0.3 is 0 Å². The van der Waals surface area contributed by atoms with Crippen LogP contribution in [0.15, 0.2) is 41.4 Å². The van der Waals surface area contributed by atoms with Gasteiger partial charge in [-0.3, -0.25) is 4.99 Å². The van der Waals surface area contributed by atoms with Crippen LogP contribution in [0.3, 0.4) is 0 Å². The first-order valence-corrected chi connectivity index (χ1v) is 9.46. The molecular formula is C23H30N2O. The van der Waals surface area contributed by atoms with Crippen LogP contribution in [-0.2, 0) is 0 Å². The lowest BCUT2D eigenvalue weighted by Crippen LogP contribution is -2.48. The minimum Gasteiger partial charge on any atom is -0.497 e. The molecule has 1 heterocycles. The molecule has 1 aliphatic rings. The van der Waals surface area contributed by atoms with Gasteiger partial charge in [0.2, 0.25) is 0 Å². The number of ether oxygens (including phenoxy) is 1. The molecule has 0 aliphatic carbocycles. The lowest BCUT2D eigenvalue weighted by Gasteiger charge is -2.47. The molecule has 0 bridgehead atoms. The van der Waals surface area contributed by atoms with Crippen molar-refractivity contribution in [2.45, 2.75) is 52.5 Å². The molecule has 138 valence electrons. The Morgan fingerprint density at radius 2 is 1.92 bits per heavy atom. The highest BCUT2D eigenvalue weighted by Gasteiger charge is 2.35. The predicted molar refractivity (Wildman–Crippen MR) is 112 cm³/mol. The quantitative estimate of drug-likeness (QED) is 0.645. The van der Waals surface area contributed by atoms with Gasteiger partial charge in [-0.1, -0.05) is 6.92 Å². The Hall–Kier alpha value is -2.29. The summed E-state index contributed by atoms with van der Waals surface area (Å²) in [4.78, 5) is 7.20. The molecule has 0 N–H and O–H groups in total. The van der Waals surface area contributed by atoms with Gasteiger partial charge in [0.25, 0.3) is 0 Å². The van der Waals surface area contributed by atoms with Crippen molar-refractivity contribution in [2.24, 2.45) is 4.99 Å². The first kappa shape index (κ1) is 18.5. The third kappa shape index (κ3) is 3.48. The molecule has 1 unspecified atom stereocenters. The molecule has 2 aromatic rings. The Balaban J connectivity index is 1.95. The standard InChI is InChI=1S/C23H30N2O/c1-7-25-22-12-16(2)18(13-21(22)17(3)14-23(25,4)5)15-24-19-8-10-20(26-6)11-9-19/h8-13,15,17H,7,14H2,1-6H3. The summed E-state index contributed by atoms with van der Waals surface area (Å²) < 4.78 is 5.21. The Morgan fingerprint density at radius 1 is 1.23 bits per heavy atom. The molecule has 3 nitrogen and oxygen atoms in total. The number of rotatable bonds is 4. The Bertz CT molecular complexity index is 806. The fraction of sp³-hybridized carbons (Fsp3) is 0.435. The summed E-state index contributed by atoms with van der Waals surface area (Å²) in [7, 11) is 1.68. The second kappa shape index (κ2) is 7.14. The van der Waals surface area contributed by atoms with Crippen molar-refractivity contribution in [3.63, 3.8) is 0 Å². The first-order chi connectivity index (χ1) is 12.4. The summed E-state index contributed by atoms with van der Waals surface area (Å²) in [5.41, 5.74) is 6.42. The van der Waals surface area contributed by atoms with Gasteiger partial charge in [0.1, 0.15) is 5.75 Å². The van der Waals surface area contributed by atoms with Crippen LogP contribution in [0.5, 0.6) is 5.75 Å². The number of anilines is 1. The summed E-state index contributed by atoms with van der Waals surface area (Å²) in [5, 5.41) is 0. The lowest BCUT2D eigenvalue weighted by atomic mass is 9.79. The van der Waals surface area contributed by atoms with Crippen molar-refractivity contribution in [1.82, 2.24) is 0 Å². The van der Waals surface area contributed by atoms with E-state index in [1.165, 1.54) is 28.8 Å². The average Bonchev–Trinajstić information content (AvgIpc) is 2.60. The van der Waals surface area contributed by atoms with E-state index < -0.39 is 0 Å². The molecule has 0 fully saturated rings. The monoisotopic (exact) mass is 350 g/mol. The summed E-state index contributed by atoms with van der Waals surface area (Å²) in [5.74, 6) is 1.40. The molecule has 0 radical (unpaired) electrons. The summed E-state index contributed by atoms with van der Waals surface area (Å²) in [6, 6.07) is 12.5. The SMILES string of the molecule is CCN1c2cc(C)c(C=Nc3ccc(OC)cc3)cc2C(C)CC1(C)C. The number of aryl methyl sites for hydroxylation is 1. The molecule has 2 aromatic carbocycles. The average molecular weight is 351 g/mol. The molecule has 0 saturated carbocycles. The van der Waals surface area contributed by atoms with E-state index in [1.807, 2.05) is 30.5 Å². The van der Waals surface area contributed by atoms with Crippen molar-refractivity contribution in [1.29, 1.82) is 0 Å². The maximum Gasteiger partial charge on any atom is 0.119 e. The molecule has 3 heteroatoms. The second-order valence-electron chi connectivity index (χ2n) is 7.89. The smallest absolute Gasteiger partial charge is 0.119 e. The third-order valence-corrected chi connectivity index (χ3v) is 5.51. The van der Waals surface area contributed by atoms with Gasteiger partial charge in [-0.15, -0.1) is 0 Å². The predicted octanol–water partition coefficient (Wildman–Crippen LogP) is 5.87. The summed E-state index contributed by atoms with van der Waals surface area (Å²) in [6.07, 6.45) is 3.16. The molecule has 1 atom stereocenters. The Kier molecular flexibility index (Phi) is 5.08. The van der Waals surface area contributed by atoms with Crippen LogP contribution in [-0.4, -0.2) is 25.4 Å². The van der Waals surface area contributed by atoms with Gasteiger partial charge in [-0.2, -0.15) is 0 Å². The van der Waals surface area contributed by atoms with Crippen molar-refractivity contribution >= 4 is 17.6 Å². The van der Waals surface area contributed by atoms with Gasteiger partial charge in [0, 0.05) is 24.0 Å². The largest absolute Gasteiger partial charge is 0.497 e. The lowest BCUT2D eigenvalue weighted by molar-refractivity contribution is 0.381. The van der Waals surface area contributed by atoms with Crippen LogP contribution >= 0.6 is 0 Å². The van der Waals surface area contributed by atoms with Crippen molar-refractivity contribution < 1.29 is 4.74 Å². The summed E-state index contributed by atoms with van der Waals surface area (Å²) >= 11 is 0. The fourth-order valence-electron chi connectivity index (χ4n) is 4.20. The molecule has 3 rings (SSSR count). The van der Waals surface area contributed by atoms with E-state index >= 15 is 0 Å². The molecule has 0 saturated heterocycles. The van der Waals surface area contributed by atoms with Gasteiger partial charge in [-0.05, 0) is 93.1 Å². The van der Waals surface area contributed by atoms with Gasteiger partial charge in [0.15, 0.2) is 0 Å². The van der Waals surface area contributed by atoms with E-state index in [1.54, 1.807) is 7.11 Å². The normalized spacial score (nSPS) is 18.8. The van der Waals surface area contributed by atoms with Crippen LogP contribution in [0.2, 0.25) is 0 Å². The minimum atomic E-state index is 0.201. The number of fused-ring (bicyclic) bond motifs is 1. The molecule has 0 amide bonds. The number of methoxy groups -OCH3 is 1. The van der Waals surface area contributed by atoms with Crippen LogP contribution in [0, 0.1) is 6.92 Å². The van der Waals surface area contributed by atoms with Crippen LogP contribution in [0.25, 0.3) is 0 Å². The number of benzene rings is 2. The number of hydrogen-bond donors (Lipinski definition) is 0. The first-order valence-electron chi connectivity index (χ1n) is 9.46. The zero-order valence-corrected chi connectivity index (χ0v) is 16.8. The van der Waals surface area contributed by atoms with Crippen molar-refractivity contribution in [3.05, 3.63) is 53.1 Å². The van der Waals surface area contributed by atoms with Crippen LogP contribution in [0.1, 0.15) is 56.7 Å². The van der Waals surface area contributed by atoms with Crippen LogP contribution < -0.4 is 9.64 Å².